The molecule has 1 saturated heterocycles. The number of cyclic esters (lactones) is 1. The van der Waals surface area contributed by atoms with Crippen LogP contribution in [0.2, 0.25) is 0 Å². The van der Waals surface area contributed by atoms with Crippen molar-refractivity contribution < 1.29 is 19.1 Å². The number of ether oxygens (including phenoxy) is 2. The standard InChI is InChI=1S/C20H20N4O4/c1-13(14-8-10-16(27-2)11-9-14)18(22-23-21)19(25)24-17(12-28-20(24)26)15-6-4-3-5-7-15/h3-11,13,17-18H,12H2,1-2H3/t13-,17+,18+/m0/s1. The second kappa shape index (κ2) is 8.45. The highest BCUT2D eigenvalue weighted by Crippen LogP contribution is 2.32. The SMILES string of the molecule is COc1ccc([C@H](C)[C@@H](N=[N+]=[N-])C(=O)N2C(=O)OC[C@@H]2c2ccccc2)cc1. The summed E-state index contributed by atoms with van der Waals surface area (Å²) >= 11 is 0. The van der Waals surface area contributed by atoms with Gasteiger partial charge in [-0.15, -0.1) is 0 Å². The van der Waals surface area contributed by atoms with Crippen molar-refractivity contribution in [2.45, 2.75) is 24.9 Å². The molecule has 1 fully saturated rings. The largest absolute Gasteiger partial charge is 0.497 e. The fourth-order valence-corrected chi connectivity index (χ4v) is 3.24. The van der Waals surface area contributed by atoms with Gasteiger partial charge in [-0.05, 0) is 34.7 Å². The van der Waals surface area contributed by atoms with Gasteiger partial charge < -0.3 is 9.47 Å². The van der Waals surface area contributed by atoms with Crippen molar-refractivity contribution in [2.24, 2.45) is 5.11 Å². The van der Waals surface area contributed by atoms with Gasteiger partial charge in [0.2, 0.25) is 5.91 Å². The molecule has 1 aliphatic heterocycles. The lowest BCUT2D eigenvalue weighted by molar-refractivity contribution is -0.131. The van der Waals surface area contributed by atoms with E-state index in [1.165, 1.54) is 0 Å². The summed E-state index contributed by atoms with van der Waals surface area (Å²) in [5, 5.41) is 3.70. The van der Waals surface area contributed by atoms with Gasteiger partial charge >= 0.3 is 6.09 Å². The zero-order valence-electron chi connectivity index (χ0n) is 15.6. The number of benzene rings is 2. The molecule has 0 N–H and O–H groups in total. The van der Waals surface area contributed by atoms with Crippen molar-refractivity contribution >= 4 is 12.0 Å². The molecule has 2 aromatic rings. The molecule has 1 heterocycles. The second-order valence-electron chi connectivity index (χ2n) is 6.42. The fourth-order valence-electron chi connectivity index (χ4n) is 3.24. The number of hydrogen-bond donors (Lipinski definition) is 0. The zero-order chi connectivity index (χ0) is 20.1. The van der Waals surface area contributed by atoms with Crippen molar-refractivity contribution in [1.29, 1.82) is 0 Å². The molecule has 1 aliphatic rings. The molecule has 3 atom stereocenters. The van der Waals surface area contributed by atoms with Crippen LogP contribution >= 0.6 is 0 Å². The Kier molecular flexibility index (Phi) is 5.81. The van der Waals surface area contributed by atoms with Gasteiger partial charge in [-0.1, -0.05) is 54.5 Å². The van der Waals surface area contributed by atoms with Gasteiger partial charge in [0.25, 0.3) is 0 Å². The summed E-state index contributed by atoms with van der Waals surface area (Å²) in [6.45, 7) is 1.84. The van der Waals surface area contributed by atoms with Crippen LogP contribution in [0.1, 0.15) is 30.0 Å². The van der Waals surface area contributed by atoms with Crippen LogP contribution in [0.5, 0.6) is 5.75 Å². The summed E-state index contributed by atoms with van der Waals surface area (Å²) < 4.78 is 10.3. The highest BCUT2D eigenvalue weighted by molar-refractivity contribution is 5.97. The van der Waals surface area contributed by atoms with Crippen LogP contribution in [0, 0.1) is 0 Å². The lowest BCUT2D eigenvalue weighted by Gasteiger charge is -2.26. The van der Waals surface area contributed by atoms with Crippen LogP contribution in [0.4, 0.5) is 4.79 Å². The highest BCUT2D eigenvalue weighted by atomic mass is 16.6. The maximum absolute atomic E-state index is 13.2. The molecule has 2 aromatic carbocycles. The van der Waals surface area contributed by atoms with Gasteiger partial charge in [0.1, 0.15) is 24.4 Å². The normalized spacial score (nSPS) is 18.0. The van der Waals surface area contributed by atoms with Crippen LogP contribution < -0.4 is 4.74 Å². The number of hydrogen-bond acceptors (Lipinski definition) is 5. The number of carbonyl (C=O) groups is 2. The summed E-state index contributed by atoms with van der Waals surface area (Å²) in [5.41, 5.74) is 10.6. The van der Waals surface area contributed by atoms with Crippen LogP contribution in [-0.4, -0.2) is 36.7 Å². The Bertz CT molecular complexity index is 894. The molecule has 2 amide bonds. The van der Waals surface area contributed by atoms with Gasteiger partial charge in [0.15, 0.2) is 0 Å². The lowest BCUT2D eigenvalue weighted by Crippen LogP contribution is -2.42. The number of nitrogens with zero attached hydrogens (tertiary/aromatic N) is 4. The molecule has 144 valence electrons. The minimum atomic E-state index is -1.09. The zero-order valence-corrected chi connectivity index (χ0v) is 15.6. The third-order valence-corrected chi connectivity index (χ3v) is 4.84. The second-order valence-corrected chi connectivity index (χ2v) is 6.42. The van der Waals surface area contributed by atoms with E-state index < -0.39 is 30.0 Å². The Balaban J connectivity index is 1.90. The molecule has 0 bridgehead atoms. The summed E-state index contributed by atoms with van der Waals surface area (Å²) in [6, 6.07) is 14.6. The smallest absolute Gasteiger partial charge is 0.417 e. The maximum atomic E-state index is 13.2. The minimum absolute atomic E-state index is 0.0640. The summed E-state index contributed by atoms with van der Waals surface area (Å²) in [4.78, 5) is 29.4. The first-order valence-electron chi connectivity index (χ1n) is 8.79. The monoisotopic (exact) mass is 380 g/mol. The highest BCUT2D eigenvalue weighted by Gasteiger charge is 2.42. The van der Waals surface area contributed by atoms with E-state index in [0.717, 1.165) is 16.0 Å². The third-order valence-electron chi connectivity index (χ3n) is 4.84. The van der Waals surface area contributed by atoms with Crippen LogP contribution in [0.3, 0.4) is 0 Å². The molecular formula is C20H20N4O4. The number of azide groups is 1. The Hall–Kier alpha value is -3.51. The minimum Gasteiger partial charge on any atom is -0.497 e. The number of carbonyl (C=O) groups excluding carboxylic acids is 2. The molecule has 28 heavy (non-hydrogen) atoms. The Labute approximate surface area is 162 Å². The molecule has 8 nitrogen and oxygen atoms in total. The van der Waals surface area contributed by atoms with E-state index in [-0.39, 0.29) is 6.61 Å². The van der Waals surface area contributed by atoms with E-state index in [4.69, 9.17) is 15.0 Å². The van der Waals surface area contributed by atoms with Gasteiger partial charge in [-0.3, -0.25) is 4.79 Å². The summed E-state index contributed by atoms with van der Waals surface area (Å²) in [7, 11) is 1.56. The van der Waals surface area contributed by atoms with Crippen molar-refractivity contribution in [1.82, 2.24) is 4.90 Å². The predicted molar refractivity (Wildman–Crippen MR) is 102 cm³/mol. The molecular weight excluding hydrogens is 360 g/mol. The molecule has 0 aliphatic carbocycles. The topological polar surface area (TPSA) is 105 Å². The maximum Gasteiger partial charge on any atom is 0.417 e. The van der Waals surface area contributed by atoms with Gasteiger partial charge in [0, 0.05) is 4.91 Å². The first-order chi connectivity index (χ1) is 13.6. The Morgan fingerprint density at radius 3 is 2.54 bits per heavy atom. The third kappa shape index (κ3) is 3.77. The van der Waals surface area contributed by atoms with Crippen LogP contribution in [0.15, 0.2) is 59.7 Å². The first-order valence-corrected chi connectivity index (χ1v) is 8.79. The van der Waals surface area contributed by atoms with Crippen molar-refractivity contribution in [3.8, 4) is 5.75 Å². The number of imide groups is 1. The van der Waals surface area contributed by atoms with Crippen LogP contribution in [-0.2, 0) is 9.53 Å². The van der Waals surface area contributed by atoms with E-state index >= 15 is 0 Å². The quantitative estimate of drug-likeness (QED) is 0.425. The number of methoxy groups -OCH3 is 1. The average molecular weight is 380 g/mol. The van der Waals surface area contributed by atoms with Crippen LogP contribution in [0.25, 0.3) is 10.4 Å². The summed E-state index contributed by atoms with van der Waals surface area (Å²) in [6.07, 6.45) is -0.737. The fraction of sp³-hybridized carbons (Fsp3) is 0.300. The molecule has 0 radical (unpaired) electrons. The average Bonchev–Trinajstić information content (AvgIpc) is 3.13. The van der Waals surface area contributed by atoms with Gasteiger partial charge in [0.05, 0.1) is 7.11 Å². The Morgan fingerprint density at radius 1 is 1.25 bits per heavy atom. The van der Waals surface area contributed by atoms with Crippen molar-refractivity contribution in [2.75, 3.05) is 13.7 Å². The Morgan fingerprint density at radius 2 is 1.93 bits per heavy atom. The van der Waals surface area contributed by atoms with E-state index in [2.05, 4.69) is 10.0 Å². The number of rotatable bonds is 6. The molecule has 8 heteroatoms. The molecule has 0 unspecified atom stereocenters. The van der Waals surface area contributed by atoms with E-state index in [1.54, 1.807) is 38.3 Å². The predicted octanol–water partition coefficient (Wildman–Crippen LogP) is 4.20. The first kappa shape index (κ1) is 19.3. The van der Waals surface area contributed by atoms with E-state index in [9.17, 15) is 9.59 Å². The molecule has 0 aromatic heterocycles. The van der Waals surface area contributed by atoms with Crippen molar-refractivity contribution in [3.05, 3.63) is 76.2 Å². The van der Waals surface area contributed by atoms with Gasteiger partial charge in [-0.2, -0.15) is 0 Å². The van der Waals surface area contributed by atoms with E-state index in [0.29, 0.717) is 5.75 Å². The van der Waals surface area contributed by atoms with Gasteiger partial charge in [-0.25, -0.2) is 9.69 Å². The van der Waals surface area contributed by atoms with Crippen molar-refractivity contribution in [3.63, 3.8) is 0 Å². The van der Waals surface area contributed by atoms with E-state index in [1.807, 2.05) is 30.3 Å². The molecule has 3 rings (SSSR count). The molecule has 0 saturated carbocycles. The number of amides is 2. The lowest BCUT2D eigenvalue weighted by atomic mass is 9.92. The summed E-state index contributed by atoms with van der Waals surface area (Å²) in [5.74, 6) is -0.355. The molecule has 0 spiro atoms.